The van der Waals surface area contributed by atoms with Gasteiger partial charge < -0.3 is 5.11 Å². The van der Waals surface area contributed by atoms with Gasteiger partial charge in [0.2, 0.25) is 0 Å². The van der Waals surface area contributed by atoms with Gasteiger partial charge in [-0.3, -0.25) is 4.72 Å². The van der Waals surface area contributed by atoms with Gasteiger partial charge in [-0.2, -0.15) is 0 Å². The van der Waals surface area contributed by atoms with E-state index in [0.717, 1.165) is 6.07 Å². The van der Waals surface area contributed by atoms with Crippen LogP contribution in [0, 0.1) is 5.82 Å². The quantitative estimate of drug-likeness (QED) is 0.911. The standard InChI is InChI=1S/C13H11ClFNO3S/c14-11-5-2-6-12(13(11)15)20(18,19)16-10-4-1-3-9(7-10)8-17/h1-7,16-17H,8H2. The number of benzene rings is 2. The van der Waals surface area contributed by atoms with Crippen LogP contribution in [0.15, 0.2) is 47.4 Å². The second-order valence-corrected chi connectivity index (χ2v) is 6.07. The summed E-state index contributed by atoms with van der Waals surface area (Å²) in [6, 6.07) is 9.92. The third-order valence-corrected chi connectivity index (χ3v) is 4.26. The molecule has 2 aromatic carbocycles. The van der Waals surface area contributed by atoms with Crippen LogP contribution in [0.25, 0.3) is 0 Å². The highest BCUT2D eigenvalue weighted by molar-refractivity contribution is 7.92. The SMILES string of the molecule is O=S(=O)(Nc1cccc(CO)c1)c1cccc(Cl)c1F. The van der Waals surface area contributed by atoms with E-state index < -0.39 is 20.7 Å². The van der Waals surface area contributed by atoms with Gasteiger partial charge in [0.05, 0.1) is 11.6 Å². The molecule has 0 aliphatic rings. The summed E-state index contributed by atoms with van der Waals surface area (Å²) in [6.45, 7) is -0.221. The van der Waals surface area contributed by atoms with E-state index >= 15 is 0 Å². The average molecular weight is 316 g/mol. The minimum Gasteiger partial charge on any atom is -0.392 e. The first-order chi connectivity index (χ1) is 9.44. The van der Waals surface area contributed by atoms with Crippen molar-refractivity contribution in [2.45, 2.75) is 11.5 Å². The Morgan fingerprint density at radius 3 is 2.60 bits per heavy atom. The third-order valence-electron chi connectivity index (χ3n) is 2.57. The number of aliphatic hydroxyl groups excluding tert-OH is 1. The lowest BCUT2D eigenvalue weighted by Gasteiger charge is -2.10. The number of anilines is 1. The monoisotopic (exact) mass is 315 g/mol. The van der Waals surface area contributed by atoms with E-state index in [9.17, 15) is 12.8 Å². The zero-order valence-electron chi connectivity index (χ0n) is 10.2. The molecule has 0 radical (unpaired) electrons. The molecule has 2 rings (SSSR count). The fraction of sp³-hybridized carbons (Fsp3) is 0.0769. The molecule has 0 amide bonds. The van der Waals surface area contributed by atoms with Crippen LogP contribution in [0.5, 0.6) is 0 Å². The number of hydrogen-bond donors (Lipinski definition) is 2. The van der Waals surface area contributed by atoms with Crippen molar-refractivity contribution in [3.8, 4) is 0 Å². The molecule has 0 saturated heterocycles. The van der Waals surface area contributed by atoms with Gasteiger partial charge in [-0.15, -0.1) is 0 Å². The summed E-state index contributed by atoms with van der Waals surface area (Å²) >= 11 is 5.57. The van der Waals surface area contributed by atoms with E-state index in [0.29, 0.717) is 5.56 Å². The summed E-state index contributed by atoms with van der Waals surface area (Å²) in [5, 5.41) is 8.74. The van der Waals surface area contributed by atoms with E-state index in [1.807, 2.05) is 0 Å². The zero-order chi connectivity index (χ0) is 14.8. The number of halogens is 2. The third kappa shape index (κ3) is 3.09. The fourth-order valence-corrected chi connectivity index (χ4v) is 3.02. The molecule has 4 nitrogen and oxygen atoms in total. The summed E-state index contributed by atoms with van der Waals surface area (Å²) < 4.78 is 40.2. The number of nitrogens with one attached hydrogen (secondary N) is 1. The van der Waals surface area contributed by atoms with Crippen molar-refractivity contribution < 1.29 is 17.9 Å². The van der Waals surface area contributed by atoms with Crippen LogP contribution in [0.2, 0.25) is 5.02 Å². The molecule has 0 atom stereocenters. The summed E-state index contributed by atoms with van der Waals surface area (Å²) in [7, 11) is -4.08. The Bertz CT molecular complexity index is 734. The predicted octanol–water partition coefficient (Wildman–Crippen LogP) is 2.77. The minimum absolute atomic E-state index is 0.221. The van der Waals surface area contributed by atoms with Crippen LogP contribution in [0.1, 0.15) is 5.56 Å². The summed E-state index contributed by atoms with van der Waals surface area (Å²) in [5.74, 6) is -1.00. The Morgan fingerprint density at radius 2 is 1.90 bits per heavy atom. The highest BCUT2D eigenvalue weighted by Gasteiger charge is 2.20. The van der Waals surface area contributed by atoms with Crippen molar-refractivity contribution in [2.24, 2.45) is 0 Å². The molecule has 0 bridgehead atoms. The molecule has 2 aromatic rings. The first-order valence-corrected chi connectivity index (χ1v) is 7.47. The minimum atomic E-state index is -4.08. The maximum Gasteiger partial charge on any atom is 0.264 e. The lowest BCUT2D eigenvalue weighted by Crippen LogP contribution is -2.14. The van der Waals surface area contributed by atoms with Crippen LogP contribution in [0.3, 0.4) is 0 Å². The van der Waals surface area contributed by atoms with Crippen LogP contribution < -0.4 is 4.72 Å². The summed E-state index contributed by atoms with van der Waals surface area (Å²) in [4.78, 5) is -0.528. The van der Waals surface area contributed by atoms with Crippen molar-refractivity contribution in [1.29, 1.82) is 0 Å². The van der Waals surface area contributed by atoms with Gasteiger partial charge in [-0.05, 0) is 29.8 Å². The number of rotatable bonds is 4. The second kappa shape index (κ2) is 5.78. The van der Waals surface area contributed by atoms with Gasteiger partial charge in [0.25, 0.3) is 10.0 Å². The van der Waals surface area contributed by atoms with Crippen LogP contribution in [0.4, 0.5) is 10.1 Å². The van der Waals surface area contributed by atoms with Crippen LogP contribution in [-0.2, 0) is 16.6 Å². The van der Waals surface area contributed by atoms with Crippen molar-refractivity contribution in [3.05, 3.63) is 58.9 Å². The van der Waals surface area contributed by atoms with Gasteiger partial charge in [-0.25, -0.2) is 12.8 Å². The molecule has 7 heteroatoms. The largest absolute Gasteiger partial charge is 0.392 e. The molecule has 0 aliphatic heterocycles. The van der Waals surface area contributed by atoms with Gasteiger partial charge in [0.15, 0.2) is 5.82 Å². The Labute approximate surface area is 120 Å². The molecule has 0 saturated carbocycles. The van der Waals surface area contributed by atoms with Crippen LogP contribution >= 0.6 is 11.6 Å². The molecule has 106 valence electrons. The normalized spacial score (nSPS) is 11.3. The van der Waals surface area contributed by atoms with Crippen molar-refractivity contribution >= 4 is 27.3 Å². The molecule has 2 N–H and O–H groups in total. The lowest BCUT2D eigenvalue weighted by molar-refractivity contribution is 0.282. The fourth-order valence-electron chi connectivity index (χ4n) is 1.63. The molecule has 0 unspecified atom stereocenters. The van der Waals surface area contributed by atoms with Crippen molar-refractivity contribution in [3.63, 3.8) is 0 Å². The van der Waals surface area contributed by atoms with Crippen molar-refractivity contribution in [2.75, 3.05) is 4.72 Å². The molecular formula is C13H11ClFNO3S. The topological polar surface area (TPSA) is 66.4 Å². The van der Waals surface area contributed by atoms with E-state index in [4.69, 9.17) is 16.7 Å². The Balaban J connectivity index is 2.38. The van der Waals surface area contributed by atoms with E-state index in [1.165, 1.54) is 24.3 Å². The smallest absolute Gasteiger partial charge is 0.264 e. The summed E-state index contributed by atoms with van der Waals surface area (Å²) in [6.07, 6.45) is 0. The number of aliphatic hydroxyl groups is 1. The number of hydrogen-bond acceptors (Lipinski definition) is 3. The lowest BCUT2D eigenvalue weighted by atomic mass is 10.2. The molecule has 0 spiro atoms. The van der Waals surface area contributed by atoms with E-state index in [1.54, 1.807) is 12.1 Å². The predicted molar refractivity (Wildman–Crippen MR) is 74.6 cm³/mol. The first kappa shape index (κ1) is 14.8. The number of sulfonamides is 1. The van der Waals surface area contributed by atoms with Crippen molar-refractivity contribution in [1.82, 2.24) is 0 Å². The highest BCUT2D eigenvalue weighted by atomic mass is 35.5. The Morgan fingerprint density at radius 1 is 1.20 bits per heavy atom. The molecular weight excluding hydrogens is 305 g/mol. The molecule has 20 heavy (non-hydrogen) atoms. The maximum absolute atomic E-state index is 13.8. The zero-order valence-corrected chi connectivity index (χ0v) is 11.7. The van der Waals surface area contributed by atoms with Gasteiger partial charge in [-0.1, -0.05) is 29.8 Å². The molecule has 0 heterocycles. The Kier molecular flexibility index (Phi) is 4.27. The van der Waals surface area contributed by atoms with Gasteiger partial charge >= 0.3 is 0 Å². The van der Waals surface area contributed by atoms with Crippen LogP contribution in [-0.4, -0.2) is 13.5 Å². The van der Waals surface area contributed by atoms with Gasteiger partial charge in [0.1, 0.15) is 4.90 Å². The first-order valence-electron chi connectivity index (χ1n) is 5.60. The average Bonchev–Trinajstić information content (AvgIpc) is 2.41. The second-order valence-electron chi connectivity index (χ2n) is 4.02. The summed E-state index contributed by atoms with van der Waals surface area (Å²) in [5.41, 5.74) is 0.771. The molecule has 0 aliphatic carbocycles. The maximum atomic E-state index is 13.8. The highest BCUT2D eigenvalue weighted by Crippen LogP contribution is 2.24. The van der Waals surface area contributed by atoms with Gasteiger partial charge in [0, 0.05) is 5.69 Å². The molecule has 0 aromatic heterocycles. The Hall–Kier alpha value is -1.63. The van der Waals surface area contributed by atoms with E-state index in [-0.39, 0.29) is 17.3 Å². The van der Waals surface area contributed by atoms with E-state index in [2.05, 4.69) is 4.72 Å². The molecule has 0 fully saturated rings.